The molecule has 0 unspecified atom stereocenters. The average Bonchev–Trinajstić information content (AvgIpc) is 3.32. The summed E-state index contributed by atoms with van der Waals surface area (Å²) in [6.07, 6.45) is 8.75. The molecule has 0 N–H and O–H groups in total. The number of likely N-dealkylation sites (tertiary alicyclic amines) is 1. The molecule has 6 heteroatoms. The number of piperidine rings is 1. The molecule has 142 valence electrons. The molecule has 3 heterocycles. The van der Waals surface area contributed by atoms with Crippen molar-refractivity contribution < 1.29 is 4.42 Å². The van der Waals surface area contributed by atoms with E-state index in [2.05, 4.69) is 10.00 Å². The number of aryl methyl sites for hydroxylation is 2. The van der Waals surface area contributed by atoms with Crippen molar-refractivity contribution in [2.75, 3.05) is 6.54 Å². The zero-order valence-electron chi connectivity index (χ0n) is 15.6. The van der Waals surface area contributed by atoms with Crippen molar-refractivity contribution in [1.82, 2.24) is 19.7 Å². The number of hydrogen-bond donors (Lipinski definition) is 0. The van der Waals surface area contributed by atoms with Gasteiger partial charge in [-0.25, -0.2) is 4.98 Å². The van der Waals surface area contributed by atoms with Gasteiger partial charge < -0.3 is 4.42 Å². The standard InChI is InChI=1S/C21H25ClN4O/c1-16-20(24-21(27-16)18-8-2-3-9-19(18)22)15-25-12-5-4-7-17(25)10-14-26-13-6-11-23-26/h2-3,6,8-9,11,13,17H,4-5,7,10,12,14-15H2,1H3/t17-/m1/s1. The van der Waals surface area contributed by atoms with Gasteiger partial charge in [-0.3, -0.25) is 9.58 Å². The predicted octanol–water partition coefficient (Wildman–Crippen LogP) is 4.94. The fourth-order valence-electron chi connectivity index (χ4n) is 3.83. The van der Waals surface area contributed by atoms with E-state index in [1.54, 1.807) is 0 Å². The van der Waals surface area contributed by atoms with Crippen molar-refractivity contribution in [1.29, 1.82) is 0 Å². The first-order valence-electron chi connectivity index (χ1n) is 9.63. The minimum atomic E-state index is 0.558. The molecule has 1 aromatic carbocycles. The highest BCUT2D eigenvalue weighted by Crippen LogP contribution is 2.30. The lowest BCUT2D eigenvalue weighted by Gasteiger charge is -2.35. The van der Waals surface area contributed by atoms with Gasteiger partial charge in [0.1, 0.15) is 5.76 Å². The second-order valence-corrected chi connectivity index (χ2v) is 7.59. The quantitative estimate of drug-likeness (QED) is 0.603. The van der Waals surface area contributed by atoms with Crippen molar-refractivity contribution >= 4 is 11.6 Å². The van der Waals surface area contributed by atoms with Crippen LogP contribution in [0, 0.1) is 6.92 Å². The Hall–Kier alpha value is -2.11. The molecule has 1 atom stereocenters. The van der Waals surface area contributed by atoms with Crippen LogP contribution in [0.25, 0.3) is 11.5 Å². The lowest BCUT2D eigenvalue weighted by Crippen LogP contribution is -2.39. The summed E-state index contributed by atoms with van der Waals surface area (Å²) >= 11 is 6.31. The summed E-state index contributed by atoms with van der Waals surface area (Å²) < 4.78 is 7.96. The van der Waals surface area contributed by atoms with Crippen LogP contribution in [0.3, 0.4) is 0 Å². The Morgan fingerprint density at radius 1 is 1.22 bits per heavy atom. The maximum absolute atomic E-state index is 6.31. The average molecular weight is 385 g/mol. The summed E-state index contributed by atoms with van der Waals surface area (Å²) in [5.41, 5.74) is 1.86. The van der Waals surface area contributed by atoms with Crippen LogP contribution in [-0.2, 0) is 13.1 Å². The number of nitrogens with zero attached hydrogens (tertiary/aromatic N) is 4. The molecule has 0 saturated carbocycles. The Morgan fingerprint density at radius 3 is 2.93 bits per heavy atom. The highest BCUT2D eigenvalue weighted by molar-refractivity contribution is 6.33. The number of oxazole rings is 1. The van der Waals surface area contributed by atoms with Crippen molar-refractivity contribution in [2.45, 2.75) is 51.7 Å². The summed E-state index contributed by atoms with van der Waals surface area (Å²) in [5, 5.41) is 4.99. The van der Waals surface area contributed by atoms with Crippen molar-refractivity contribution in [2.24, 2.45) is 0 Å². The number of hydrogen-bond acceptors (Lipinski definition) is 4. The van der Waals surface area contributed by atoms with Gasteiger partial charge in [-0.15, -0.1) is 0 Å². The van der Waals surface area contributed by atoms with Gasteiger partial charge in [0.05, 0.1) is 16.3 Å². The van der Waals surface area contributed by atoms with Crippen molar-refractivity contribution in [3.05, 3.63) is 59.2 Å². The van der Waals surface area contributed by atoms with Crippen molar-refractivity contribution in [3.63, 3.8) is 0 Å². The maximum Gasteiger partial charge on any atom is 0.228 e. The first-order valence-corrected chi connectivity index (χ1v) is 10.0. The summed E-state index contributed by atoms with van der Waals surface area (Å²) in [5.74, 6) is 1.49. The van der Waals surface area contributed by atoms with Gasteiger partial charge in [-0.2, -0.15) is 5.10 Å². The van der Waals surface area contributed by atoms with Gasteiger partial charge in [0.2, 0.25) is 5.89 Å². The monoisotopic (exact) mass is 384 g/mol. The van der Waals surface area contributed by atoms with E-state index < -0.39 is 0 Å². The van der Waals surface area contributed by atoms with E-state index >= 15 is 0 Å². The van der Waals surface area contributed by atoms with Crippen LogP contribution in [0.5, 0.6) is 0 Å². The Labute approximate surface area is 165 Å². The van der Waals surface area contributed by atoms with Crippen LogP contribution in [0.15, 0.2) is 47.1 Å². The molecule has 4 rings (SSSR count). The van der Waals surface area contributed by atoms with E-state index in [1.807, 2.05) is 54.3 Å². The van der Waals surface area contributed by atoms with E-state index in [-0.39, 0.29) is 0 Å². The van der Waals surface area contributed by atoms with E-state index in [0.29, 0.717) is 17.0 Å². The van der Waals surface area contributed by atoms with E-state index in [0.717, 1.165) is 43.1 Å². The Morgan fingerprint density at radius 2 is 2.11 bits per heavy atom. The fourth-order valence-corrected chi connectivity index (χ4v) is 4.04. The molecule has 0 aliphatic carbocycles. The number of rotatable bonds is 6. The zero-order valence-corrected chi connectivity index (χ0v) is 16.4. The fraction of sp³-hybridized carbons (Fsp3) is 0.429. The topological polar surface area (TPSA) is 47.1 Å². The Bertz CT molecular complexity index is 874. The van der Waals surface area contributed by atoms with Gasteiger partial charge in [0.15, 0.2) is 0 Å². The highest BCUT2D eigenvalue weighted by Gasteiger charge is 2.25. The largest absolute Gasteiger partial charge is 0.441 e. The minimum Gasteiger partial charge on any atom is -0.441 e. The number of benzene rings is 1. The minimum absolute atomic E-state index is 0.558. The van der Waals surface area contributed by atoms with E-state index in [9.17, 15) is 0 Å². The van der Waals surface area contributed by atoms with Gasteiger partial charge in [-0.1, -0.05) is 30.2 Å². The van der Waals surface area contributed by atoms with Crippen LogP contribution in [0.1, 0.15) is 37.1 Å². The molecule has 3 aromatic rings. The predicted molar refractivity (Wildman–Crippen MR) is 107 cm³/mol. The summed E-state index contributed by atoms with van der Waals surface area (Å²) in [6, 6.07) is 10.2. The molecule has 1 aliphatic rings. The highest BCUT2D eigenvalue weighted by atomic mass is 35.5. The van der Waals surface area contributed by atoms with Gasteiger partial charge in [-0.05, 0) is 50.9 Å². The first-order chi connectivity index (χ1) is 13.2. The summed E-state index contributed by atoms with van der Waals surface area (Å²) in [4.78, 5) is 7.32. The molecule has 1 fully saturated rings. The third kappa shape index (κ3) is 4.25. The lowest BCUT2D eigenvalue weighted by molar-refractivity contribution is 0.125. The molecular formula is C21H25ClN4O. The molecule has 2 aromatic heterocycles. The molecular weight excluding hydrogens is 360 g/mol. The molecule has 5 nitrogen and oxygen atoms in total. The summed E-state index contributed by atoms with van der Waals surface area (Å²) in [7, 11) is 0. The summed E-state index contributed by atoms with van der Waals surface area (Å²) in [6.45, 7) is 4.88. The smallest absolute Gasteiger partial charge is 0.228 e. The maximum atomic E-state index is 6.31. The van der Waals surface area contributed by atoms with Crippen LogP contribution < -0.4 is 0 Å². The van der Waals surface area contributed by atoms with Crippen LogP contribution in [0.4, 0.5) is 0 Å². The van der Waals surface area contributed by atoms with Crippen LogP contribution in [0.2, 0.25) is 5.02 Å². The van der Waals surface area contributed by atoms with Gasteiger partial charge in [0.25, 0.3) is 0 Å². The zero-order chi connectivity index (χ0) is 18.6. The normalized spacial score (nSPS) is 18.1. The van der Waals surface area contributed by atoms with Crippen molar-refractivity contribution in [3.8, 4) is 11.5 Å². The lowest BCUT2D eigenvalue weighted by atomic mass is 9.99. The molecule has 1 saturated heterocycles. The Balaban J connectivity index is 1.47. The van der Waals surface area contributed by atoms with E-state index in [1.165, 1.54) is 19.3 Å². The first kappa shape index (κ1) is 18.3. The number of aromatic nitrogens is 3. The number of halogens is 1. The molecule has 0 amide bonds. The van der Waals surface area contributed by atoms with Crippen LogP contribution in [-0.4, -0.2) is 32.3 Å². The van der Waals surface area contributed by atoms with Crippen LogP contribution >= 0.6 is 11.6 Å². The van der Waals surface area contributed by atoms with Gasteiger partial charge >= 0.3 is 0 Å². The van der Waals surface area contributed by atoms with Gasteiger partial charge in [0, 0.05) is 31.5 Å². The molecule has 27 heavy (non-hydrogen) atoms. The molecule has 0 radical (unpaired) electrons. The van der Waals surface area contributed by atoms with E-state index in [4.69, 9.17) is 21.0 Å². The SMILES string of the molecule is Cc1oc(-c2ccccc2Cl)nc1CN1CCCC[C@@H]1CCn1cccn1. The second-order valence-electron chi connectivity index (χ2n) is 7.18. The third-order valence-electron chi connectivity index (χ3n) is 5.35. The molecule has 0 bridgehead atoms. The Kier molecular flexibility index (Phi) is 5.60. The second kappa shape index (κ2) is 8.28. The molecule has 0 spiro atoms. The molecule has 1 aliphatic heterocycles. The third-order valence-corrected chi connectivity index (χ3v) is 5.68.